The highest BCUT2D eigenvalue weighted by Gasteiger charge is 2.24. The number of fused-ring (bicyclic) bond motifs is 1. The average molecular weight is 388 g/mol. The van der Waals surface area contributed by atoms with Crippen LogP contribution >= 0.6 is 11.8 Å². The maximum absolute atomic E-state index is 13.2. The van der Waals surface area contributed by atoms with Crippen LogP contribution < -0.4 is 10.1 Å². The lowest BCUT2D eigenvalue weighted by Crippen LogP contribution is -2.39. The van der Waals surface area contributed by atoms with Gasteiger partial charge in [0.2, 0.25) is 0 Å². The van der Waals surface area contributed by atoms with Crippen molar-refractivity contribution in [3.63, 3.8) is 0 Å². The molecule has 5 nitrogen and oxygen atoms in total. The van der Waals surface area contributed by atoms with Gasteiger partial charge < -0.3 is 19.5 Å². The summed E-state index contributed by atoms with van der Waals surface area (Å²) in [6.07, 6.45) is 2.37. The highest BCUT2D eigenvalue weighted by atomic mass is 32.2. The number of thioether (sulfide) groups is 1. The summed E-state index contributed by atoms with van der Waals surface area (Å²) in [6, 6.07) is 8.54. The quantitative estimate of drug-likeness (QED) is 0.872. The molecule has 6 heteroatoms. The third-order valence-corrected chi connectivity index (χ3v) is 6.38. The molecule has 2 saturated heterocycles. The molecule has 1 aromatic heterocycles. The lowest BCUT2D eigenvalue weighted by atomic mass is 10.1. The first kappa shape index (κ1) is 18.7. The van der Waals surface area contributed by atoms with Gasteiger partial charge in [-0.3, -0.25) is 4.79 Å². The second-order valence-electron chi connectivity index (χ2n) is 7.69. The molecule has 0 saturated carbocycles. The van der Waals surface area contributed by atoms with Gasteiger partial charge in [-0.15, -0.1) is 0 Å². The SMILES string of the molecule is CC(C)n1c(C(=O)N2CCSCC2)cc2cc(OC3CCNCC3)ccc21. The predicted molar refractivity (Wildman–Crippen MR) is 112 cm³/mol. The number of hydrogen-bond donors (Lipinski definition) is 1. The fourth-order valence-corrected chi connectivity index (χ4v) is 4.95. The van der Waals surface area contributed by atoms with Crippen molar-refractivity contribution in [3.05, 3.63) is 30.0 Å². The topological polar surface area (TPSA) is 46.5 Å². The van der Waals surface area contributed by atoms with Crippen molar-refractivity contribution in [2.24, 2.45) is 0 Å². The normalized spacial score (nSPS) is 19.0. The molecule has 2 fully saturated rings. The summed E-state index contributed by atoms with van der Waals surface area (Å²) in [4.78, 5) is 15.2. The Morgan fingerprint density at radius 1 is 1.19 bits per heavy atom. The summed E-state index contributed by atoms with van der Waals surface area (Å²) in [6.45, 7) is 8.00. The zero-order valence-electron chi connectivity index (χ0n) is 16.2. The van der Waals surface area contributed by atoms with Gasteiger partial charge >= 0.3 is 0 Å². The maximum Gasteiger partial charge on any atom is 0.270 e. The zero-order valence-corrected chi connectivity index (χ0v) is 17.1. The van der Waals surface area contributed by atoms with E-state index >= 15 is 0 Å². The molecule has 0 unspecified atom stereocenters. The summed E-state index contributed by atoms with van der Waals surface area (Å²) in [5, 5.41) is 4.46. The van der Waals surface area contributed by atoms with Crippen molar-refractivity contribution in [2.45, 2.75) is 38.8 Å². The Morgan fingerprint density at radius 2 is 1.93 bits per heavy atom. The second kappa shape index (κ2) is 8.15. The molecule has 1 amide bonds. The van der Waals surface area contributed by atoms with E-state index in [1.54, 1.807) is 0 Å². The summed E-state index contributed by atoms with van der Waals surface area (Å²) in [7, 11) is 0. The highest BCUT2D eigenvalue weighted by Crippen LogP contribution is 2.30. The number of carbonyl (C=O) groups is 1. The van der Waals surface area contributed by atoms with Crippen molar-refractivity contribution in [3.8, 4) is 5.75 Å². The minimum Gasteiger partial charge on any atom is -0.490 e. The summed E-state index contributed by atoms with van der Waals surface area (Å²) in [5.74, 6) is 3.12. The fourth-order valence-electron chi connectivity index (χ4n) is 4.04. The lowest BCUT2D eigenvalue weighted by Gasteiger charge is -2.27. The smallest absolute Gasteiger partial charge is 0.270 e. The molecular weight excluding hydrogens is 358 g/mol. The highest BCUT2D eigenvalue weighted by molar-refractivity contribution is 7.99. The van der Waals surface area contributed by atoms with Gasteiger partial charge in [0.25, 0.3) is 5.91 Å². The number of aromatic nitrogens is 1. The minimum absolute atomic E-state index is 0.154. The Balaban J connectivity index is 1.64. The number of piperidine rings is 1. The van der Waals surface area contributed by atoms with Crippen molar-refractivity contribution in [1.82, 2.24) is 14.8 Å². The molecule has 146 valence electrons. The van der Waals surface area contributed by atoms with Gasteiger partial charge in [0, 0.05) is 41.5 Å². The van der Waals surface area contributed by atoms with Crippen molar-refractivity contribution >= 4 is 28.6 Å². The van der Waals surface area contributed by atoms with Gasteiger partial charge in [-0.05, 0) is 64.0 Å². The molecule has 3 heterocycles. The average Bonchev–Trinajstić information content (AvgIpc) is 3.08. The number of rotatable bonds is 4. The first-order chi connectivity index (χ1) is 13.1. The molecule has 0 aliphatic carbocycles. The number of nitrogens with zero attached hydrogens (tertiary/aromatic N) is 2. The minimum atomic E-state index is 0.154. The molecular formula is C21H29N3O2S. The Hall–Kier alpha value is -1.66. The van der Waals surface area contributed by atoms with Crippen molar-refractivity contribution < 1.29 is 9.53 Å². The van der Waals surface area contributed by atoms with Crippen LogP contribution in [-0.4, -0.2) is 59.2 Å². The van der Waals surface area contributed by atoms with Crippen LogP contribution in [0.25, 0.3) is 10.9 Å². The van der Waals surface area contributed by atoms with Crippen LogP contribution in [0.4, 0.5) is 0 Å². The number of amides is 1. The Labute approximate surface area is 165 Å². The number of hydrogen-bond acceptors (Lipinski definition) is 4. The Bertz CT molecular complexity index is 805. The van der Waals surface area contributed by atoms with Crippen LogP contribution in [-0.2, 0) is 0 Å². The molecule has 2 aliphatic heterocycles. The number of ether oxygens (including phenoxy) is 1. The van der Waals surface area contributed by atoms with Crippen LogP contribution in [0.3, 0.4) is 0 Å². The summed E-state index contributed by atoms with van der Waals surface area (Å²) >= 11 is 1.92. The molecule has 1 N–H and O–H groups in total. The van der Waals surface area contributed by atoms with Gasteiger partial charge in [0.15, 0.2) is 0 Å². The van der Waals surface area contributed by atoms with E-state index in [2.05, 4.69) is 48.0 Å². The molecule has 2 aromatic rings. The summed E-state index contributed by atoms with van der Waals surface area (Å²) in [5.41, 5.74) is 1.91. The van der Waals surface area contributed by atoms with E-state index in [0.717, 1.165) is 72.9 Å². The third kappa shape index (κ3) is 3.97. The van der Waals surface area contributed by atoms with Crippen molar-refractivity contribution in [2.75, 3.05) is 37.7 Å². The molecule has 1 aromatic carbocycles. The predicted octanol–water partition coefficient (Wildman–Crippen LogP) is 3.54. The fraction of sp³-hybridized carbons (Fsp3) is 0.571. The van der Waals surface area contributed by atoms with Gasteiger partial charge in [-0.25, -0.2) is 0 Å². The first-order valence-electron chi connectivity index (χ1n) is 10.0. The monoisotopic (exact) mass is 387 g/mol. The van der Waals surface area contributed by atoms with Crippen LogP contribution in [0, 0.1) is 0 Å². The first-order valence-corrected chi connectivity index (χ1v) is 11.2. The molecule has 2 aliphatic rings. The molecule has 4 rings (SSSR count). The van der Waals surface area contributed by atoms with Crippen LogP contribution in [0.2, 0.25) is 0 Å². The Morgan fingerprint density at radius 3 is 2.63 bits per heavy atom. The van der Waals surface area contributed by atoms with E-state index in [1.807, 2.05) is 16.7 Å². The maximum atomic E-state index is 13.2. The largest absolute Gasteiger partial charge is 0.490 e. The lowest BCUT2D eigenvalue weighted by molar-refractivity contribution is 0.0760. The van der Waals surface area contributed by atoms with Crippen LogP contribution in [0.15, 0.2) is 24.3 Å². The van der Waals surface area contributed by atoms with E-state index in [9.17, 15) is 4.79 Å². The molecule has 0 atom stereocenters. The number of carbonyl (C=O) groups excluding carboxylic acids is 1. The van der Waals surface area contributed by atoms with E-state index in [-0.39, 0.29) is 18.1 Å². The van der Waals surface area contributed by atoms with Gasteiger partial charge in [0.05, 0.1) is 0 Å². The van der Waals surface area contributed by atoms with Crippen LogP contribution in [0.1, 0.15) is 43.2 Å². The van der Waals surface area contributed by atoms with Gasteiger partial charge in [-0.2, -0.15) is 11.8 Å². The Kier molecular flexibility index (Phi) is 5.64. The number of nitrogens with one attached hydrogen (secondary N) is 1. The van der Waals surface area contributed by atoms with E-state index in [1.165, 1.54) is 0 Å². The standard InChI is InChI=1S/C21H29N3O2S/c1-15(2)24-19-4-3-18(26-17-5-7-22-8-6-17)13-16(19)14-20(24)21(25)23-9-11-27-12-10-23/h3-4,13-15,17,22H,5-12H2,1-2H3. The van der Waals surface area contributed by atoms with Gasteiger partial charge in [-0.1, -0.05) is 0 Å². The molecule has 27 heavy (non-hydrogen) atoms. The van der Waals surface area contributed by atoms with Crippen LogP contribution in [0.5, 0.6) is 5.75 Å². The van der Waals surface area contributed by atoms with E-state index in [4.69, 9.17) is 4.74 Å². The van der Waals surface area contributed by atoms with Crippen molar-refractivity contribution in [1.29, 1.82) is 0 Å². The molecule has 0 radical (unpaired) electrons. The van der Waals surface area contributed by atoms with Gasteiger partial charge in [0.1, 0.15) is 17.5 Å². The number of benzene rings is 1. The zero-order chi connectivity index (χ0) is 18.8. The third-order valence-electron chi connectivity index (χ3n) is 5.43. The van der Waals surface area contributed by atoms with E-state index < -0.39 is 0 Å². The second-order valence-corrected chi connectivity index (χ2v) is 8.91. The van der Waals surface area contributed by atoms with E-state index in [0.29, 0.717) is 0 Å². The molecule has 0 bridgehead atoms. The summed E-state index contributed by atoms with van der Waals surface area (Å²) < 4.78 is 8.38. The molecule has 0 spiro atoms.